The van der Waals surface area contributed by atoms with E-state index in [1.54, 1.807) is 7.05 Å². The smallest absolute Gasteiger partial charge is 0.222 e. The molecule has 2 aromatic heterocycles. The third-order valence-corrected chi connectivity index (χ3v) is 8.97. The highest BCUT2D eigenvalue weighted by Crippen LogP contribution is 2.35. The summed E-state index contributed by atoms with van der Waals surface area (Å²) in [5, 5.41) is 5.72. The van der Waals surface area contributed by atoms with Gasteiger partial charge in [-0.2, -0.15) is 16.1 Å². The lowest BCUT2D eigenvalue weighted by Gasteiger charge is -2.30. The van der Waals surface area contributed by atoms with E-state index >= 15 is 0 Å². The van der Waals surface area contributed by atoms with Crippen LogP contribution >= 0.6 is 34.9 Å². The number of likely N-dealkylation sites (tertiary alicyclic amines) is 1. The van der Waals surface area contributed by atoms with E-state index in [1.165, 1.54) is 35.9 Å². The average Bonchev–Trinajstić information content (AvgIpc) is 3.45. The van der Waals surface area contributed by atoms with Crippen molar-refractivity contribution in [3.63, 3.8) is 0 Å². The first kappa shape index (κ1) is 23.1. The van der Waals surface area contributed by atoms with Gasteiger partial charge in [0.1, 0.15) is 5.01 Å². The van der Waals surface area contributed by atoms with Crippen molar-refractivity contribution in [1.29, 1.82) is 0 Å². The molecule has 2 aliphatic rings. The minimum absolute atomic E-state index is 0.134. The lowest BCUT2D eigenvalue weighted by molar-refractivity contribution is -0.125. The van der Waals surface area contributed by atoms with Crippen LogP contribution in [-0.2, 0) is 17.9 Å². The Morgan fingerprint density at radius 1 is 1.21 bits per heavy atom. The molecule has 0 unspecified atom stereocenters. The van der Waals surface area contributed by atoms with Crippen LogP contribution in [-0.4, -0.2) is 56.4 Å². The number of fused-ring (bicyclic) bond motifs is 1. The summed E-state index contributed by atoms with van der Waals surface area (Å²) >= 11 is 10.2. The van der Waals surface area contributed by atoms with Crippen molar-refractivity contribution in [2.75, 3.05) is 31.6 Å². The third-order valence-electron chi connectivity index (χ3n) is 6.92. The highest BCUT2D eigenvalue weighted by Gasteiger charge is 2.25. The van der Waals surface area contributed by atoms with Crippen LogP contribution in [0.4, 0.5) is 0 Å². The molecule has 2 aliphatic heterocycles. The number of thioether (sulfide) groups is 1. The molecule has 0 radical (unpaired) electrons. The van der Waals surface area contributed by atoms with Gasteiger partial charge in [-0.25, -0.2) is 4.98 Å². The molecule has 0 saturated carbocycles. The summed E-state index contributed by atoms with van der Waals surface area (Å²) in [5.41, 5.74) is 2.17. The second-order valence-electron chi connectivity index (χ2n) is 9.06. The molecule has 1 amide bonds. The number of hydrogen-bond donors (Lipinski definition) is 1. The van der Waals surface area contributed by atoms with E-state index < -0.39 is 0 Å². The van der Waals surface area contributed by atoms with Gasteiger partial charge in [0.25, 0.3) is 0 Å². The third kappa shape index (κ3) is 5.09. The largest absolute Gasteiger partial charge is 0.359 e. The summed E-state index contributed by atoms with van der Waals surface area (Å²) in [4.78, 5) is 19.2. The van der Waals surface area contributed by atoms with Gasteiger partial charge in [-0.05, 0) is 73.8 Å². The van der Waals surface area contributed by atoms with Crippen molar-refractivity contribution in [2.24, 2.45) is 11.8 Å². The highest BCUT2D eigenvalue weighted by atomic mass is 35.5. The van der Waals surface area contributed by atoms with E-state index in [-0.39, 0.29) is 11.8 Å². The molecular weight excluding hydrogens is 474 g/mol. The van der Waals surface area contributed by atoms with Gasteiger partial charge in [0.2, 0.25) is 5.91 Å². The Balaban J connectivity index is 1.34. The number of carbonyl (C=O) groups is 1. The second kappa shape index (κ2) is 10.3. The zero-order valence-electron chi connectivity index (χ0n) is 18.9. The fourth-order valence-corrected chi connectivity index (χ4v) is 7.21. The number of amides is 1. The van der Waals surface area contributed by atoms with E-state index in [0.29, 0.717) is 5.92 Å². The van der Waals surface area contributed by atoms with Crippen molar-refractivity contribution in [1.82, 2.24) is 24.1 Å². The van der Waals surface area contributed by atoms with Gasteiger partial charge < -0.3 is 9.88 Å². The number of para-hydroxylation sites is 1. The maximum Gasteiger partial charge on any atom is 0.222 e. The number of carbonyl (C=O) groups excluding carboxylic acids is 1. The minimum Gasteiger partial charge on any atom is -0.359 e. The molecule has 0 aliphatic carbocycles. The van der Waals surface area contributed by atoms with Gasteiger partial charge in [0.05, 0.1) is 17.1 Å². The Bertz CT molecular complexity index is 1120. The molecule has 1 N–H and O–H groups in total. The lowest BCUT2D eigenvalue weighted by Crippen LogP contribution is -2.39. The Hall–Kier alpha value is -1.61. The Morgan fingerprint density at radius 3 is 2.76 bits per heavy atom. The molecule has 2 fully saturated rings. The topological polar surface area (TPSA) is 63.1 Å². The van der Waals surface area contributed by atoms with Gasteiger partial charge >= 0.3 is 0 Å². The van der Waals surface area contributed by atoms with Crippen LogP contribution in [0.2, 0.25) is 5.02 Å². The van der Waals surface area contributed by atoms with Gasteiger partial charge in [-0.1, -0.05) is 23.7 Å². The van der Waals surface area contributed by atoms with Crippen molar-refractivity contribution >= 4 is 51.7 Å². The Kier molecular flexibility index (Phi) is 7.25. The summed E-state index contributed by atoms with van der Waals surface area (Å²) < 4.78 is 7.06. The Labute approximate surface area is 208 Å². The zero-order chi connectivity index (χ0) is 22.8. The molecule has 33 heavy (non-hydrogen) atoms. The molecule has 3 aromatic rings. The number of nitrogens with one attached hydrogen (secondary N) is 1. The van der Waals surface area contributed by atoms with Crippen LogP contribution in [0.25, 0.3) is 22.3 Å². The van der Waals surface area contributed by atoms with Crippen LogP contribution in [0, 0.1) is 11.8 Å². The summed E-state index contributed by atoms with van der Waals surface area (Å²) in [7, 11) is 1.72. The molecule has 176 valence electrons. The summed E-state index contributed by atoms with van der Waals surface area (Å²) in [6, 6.07) is 6.12. The predicted molar refractivity (Wildman–Crippen MR) is 138 cm³/mol. The standard InChI is InChI=1S/C24H30ClN5OS2/c1-26-24(31)17-5-9-29(10-6-17)15-21-27-23(28-33-21)19-14-30(13-16-7-11-32-12-8-16)22-18(19)3-2-4-20(22)25/h2-4,14,16-17H,5-13,15H2,1H3,(H,26,31). The molecule has 1 aromatic carbocycles. The zero-order valence-corrected chi connectivity index (χ0v) is 21.3. The van der Waals surface area contributed by atoms with E-state index in [9.17, 15) is 4.79 Å². The first-order chi connectivity index (χ1) is 16.1. The van der Waals surface area contributed by atoms with Crippen LogP contribution in [0.1, 0.15) is 30.7 Å². The van der Waals surface area contributed by atoms with Gasteiger partial charge in [0.15, 0.2) is 5.82 Å². The quantitative estimate of drug-likeness (QED) is 0.517. The summed E-state index contributed by atoms with van der Waals surface area (Å²) in [6.45, 7) is 3.62. The maximum atomic E-state index is 11.9. The normalized spacial score (nSPS) is 18.7. The predicted octanol–water partition coefficient (Wildman–Crippen LogP) is 4.91. The summed E-state index contributed by atoms with van der Waals surface area (Å²) in [5.74, 6) is 4.29. The van der Waals surface area contributed by atoms with E-state index in [2.05, 4.69) is 38.8 Å². The number of piperidine rings is 1. The number of halogens is 1. The number of aromatic nitrogens is 3. The van der Waals surface area contributed by atoms with Crippen molar-refractivity contribution < 1.29 is 4.79 Å². The molecule has 5 rings (SSSR count). The molecule has 4 heterocycles. The fourth-order valence-electron chi connectivity index (χ4n) is 5.02. The van der Waals surface area contributed by atoms with E-state index in [0.717, 1.165) is 71.3 Å². The SMILES string of the molecule is CNC(=O)C1CCN(Cc2nc(-c3cn(CC4CCSCC4)c4c(Cl)cccc34)ns2)CC1. The second-order valence-corrected chi connectivity index (χ2v) is 11.5. The molecule has 0 atom stereocenters. The van der Waals surface area contributed by atoms with Crippen molar-refractivity contribution in [3.05, 3.63) is 34.4 Å². The van der Waals surface area contributed by atoms with Crippen molar-refractivity contribution in [3.8, 4) is 11.4 Å². The highest BCUT2D eigenvalue weighted by molar-refractivity contribution is 7.99. The Morgan fingerprint density at radius 2 is 2.00 bits per heavy atom. The molecular formula is C24H30ClN5OS2. The molecule has 0 spiro atoms. The number of hydrogen-bond acceptors (Lipinski definition) is 6. The first-order valence-electron chi connectivity index (χ1n) is 11.7. The van der Waals surface area contributed by atoms with E-state index in [1.807, 2.05) is 12.1 Å². The molecule has 9 heteroatoms. The number of nitrogens with zero attached hydrogens (tertiary/aromatic N) is 4. The lowest BCUT2D eigenvalue weighted by atomic mass is 9.96. The van der Waals surface area contributed by atoms with Gasteiger partial charge in [-0.15, -0.1) is 0 Å². The average molecular weight is 504 g/mol. The van der Waals surface area contributed by atoms with Crippen LogP contribution < -0.4 is 5.32 Å². The molecule has 2 saturated heterocycles. The minimum atomic E-state index is 0.134. The maximum absolute atomic E-state index is 11.9. The number of benzene rings is 1. The number of rotatable bonds is 6. The van der Waals surface area contributed by atoms with Crippen LogP contribution in [0.5, 0.6) is 0 Å². The van der Waals surface area contributed by atoms with Crippen LogP contribution in [0.15, 0.2) is 24.4 Å². The van der Waals surface area contributed by atoms with E-state index in [4.69, 9.17) is 21.0 Å². The first-order valence-corrected chi connectivity index (χ1v) is 14.0. The molecule has 0 bridgehead atoms. The van der Waals surface area contributed by atoms with Crippen LogP contribution in [0.3, 0.4) is 0 Å². The van der Waals surface area contributed by atoms with Gasteiger partial charge in [0, 0.05) is 36.7 Å². The summed E-state index contributed by atoms with van der Waals surface area (Å²) in [6.07, 6.45) is 6.53. The monoisotopic (exact) mass is 503 g/mol. The fraction of sp³-hybridized carbons (Fsp3) is 0.542. The van der Waals surface area contributed by atoms with Crippen molar-refractivity contribution in [2.45, 2.75) is 38.8 Å². The van der Waals surface area contributed by atoms with Gasteiger partial charge in [-0.3, -0.25) is 9.69 Å². The molecule has 6 nitrogen and oxygen atoms in total.